The fourth-order valence-electron chi connectivity index (χ4n) is 3.52. The van der Waals surface area contributed by atoms with Gasteiger partial charge in [0, 0.05) is 11.6 Å². The fraction of sp³-hybridized carbons (Fsp3) is 0.286. The minimum atomic E-state index is -0.446. The zero-order valence-electron chi connectivity index (χ0n) is 15.0. The fourth-order valence-corrected chi connectivity index (χ4v) is 3.52. The third-order valence-corrected chi connectivity index (χ3v) is 4.92. The molecular weight excluding hydrogens is 340 g/mol. The van der Waals surface area contributed by atoms with Gasteiger partial charge in [0.25, 0.3) is 0 Å². The van der Waals surface area contributed by atoms with E-state index in [9.17, 15) is 9.90 Å². The normalized spacial score (nSPS) is 14.8. The van der Waals surface area contributed by atoms with Gasteiger partial charge < -0.3 is 10.4 Å². The van der Waals surface area contributed by atoms with Gasteiger partial charge in [-0.1, -0.05) is 49.6 Å². The Hall–Kier alpha value is -3.15. The van der Waals surface area contributed by atoms with Gasteiger partial charge in [0.05, 0.1) is 5.69 Å². The molecule has 0 amide bonds. The highest BCUT2D eigenvalue weighted by Crippen LogP contribution is 2.32. The Bertz CT molecular complexity index is 979. The molecule has 1 aliphatic carbocycles. The zero-order valence-corrected chi connectivity index (χ0v) is 15.0. The van der Waals surface area contributed by atoms with Crippen LogP contribution in [-0.2, 0) is 0 Å². The summed E-state index contributed by atoms with van der Waals surface area (Å²) in [4.78, 5) is 16.9. The van der Waals surface area contributed by atoms with Gasteiger partial charge in [0.15, 0.2) is 5.82 Å². The maximum absolute atomic E-state index is 12.6. The molecule has 1 aliphatic rings. The van der Waals surface area contributed by atoms with E-state index in [0.29, 0.717) is 22.8 Å². The van der Waals surface area contributed by atoms with E-state index in [-0.39, 0.29) is 11.8 Å². The second kappa shape index (κ2) is 7.61. The van der Waals surface area contributed by atoms with Crippen molar-refractivity contribution in [3.05, 3.63) is 65.1 Å². The van der Waals surface area contributed by atoms with E-state index in [4.69, 9.17) is 0 Å². The summed E-state index contributed by atoms with van der Waals surface area (Å²) in [6.07, 6.45) is 5.66. The first kappa shape index (κ1) is 17.3. The average molecular weight is 362 g/mol. The molecule has 27 heavy (non-hydrogen) atoms. The molecule has 0 unspecified atom stereocenters. The molecule has 0 aliphatic heterocycles. The van der Waals surface area contributed by atoms with E-state index in [1.54, 1.807) is 30.3 Å². The molecule has 6 heteroatoms. The van der Waals surface area contributed by atoms with Crippen LogP contribution in [-0.4, -0.2) is 25.9 Å². The lowest BCUT2D eigenvalue weighted by Gasteiger charge is -2.24. The van der Waals surface area contributed by atoms with Crippen molar-refractivity contribution >= 4 is 5.82 Å². The van der Waals surface area contributed by atoms with Gasteiger partial charge in [0.1, 0.15) is 11.4 Å². The van der Waals surface area contributed by atoms with Gasteiger partial charge in [-0.25, -0.2) is 4.79 Å². The summed E-state index contributed by atoms with van der Waals surface area (Å²) < 4.78 is 1.27. The highest BCUT2D eigenvalue weighted by molar-refractivity contribution is 5.75. The minimum Gasteiger partial charge on any atom is -0.507 e. The van der Waals surface area contributed by atoms with E-state index in [1.165, 1.54) is 11.1 Å². The summed E-state index contributed by atoms with van der Waals surface area (Å²) in [7, 11) is 0. The molecule has 2 N–H and O–H groups in total. The van der Waals surface area contributed by atoms with Crippen LogP contribution in [0.4, 0.5) is 5.82 Å². The van der Waals surface area contributed by atoms with Crippen molar-refractivity contribution in [3.63, 3.8) is 0 Å². The molecule has 3 aromatic rings. The molecule has 0 atom stereocenters. The maximum atomic E-state index is 12.6. The number of aromatic nitrogens is 3. The van der Waals surface area contributed by atoms with E-state index in [2.05, 4.69) is 15.4 Å². The lowest BCUT2D eigenvalue weighted by atomic mass is 9.95. The number of hydrogen-bond donors (Lipinski definition) is 2. The standard InChI is InChI=1S/C21H22N4O2/c26-18-14-8-7-13-17(18)19-20(22-15-9-3-1-4-10-15)23-21(27)25(24-19)16-11-5-2-6-12-16/h2,5-8,11-15,26H,1,3-4,9-10H2,(H,22,23,27). The Kier molecular flexibility index (Phi) is 4.87. The van der Waals surface area contributed by atoms with Crippen LogP contribution in [0.1, 0.15) is 32.1 Å². The van der Waals surface area contributed by atoms with Crippen LogP contribution >= 0.6 is 0 Å². The summed E-state index contributed by atoms with van der Waals surface area (Å²) in [5.41, 5.74) is 1.21. The predicted octanol–water partition coefficient (Wildman–Crippen LogP) is 3.74. The molecule has 1 heterocycles. The number of para-hydroxylation sites is 2. The van der Waals surface area contributed by atoms with E-state index in [0.717, 1.165) is 25.7 Å². The number of rotatable bonds is 4. The van der Waals surface area contributed by atoms with Gasteiger partial charge in [0.2, 0.25) is 0 Å². The number of phenols is 1. The molecular formula is C21H22N4O2. The summed E-state index contributed by atoms with van der Waals surface area (Å²) in [6, 6.07) is 16.4. The quantitative estimate of drug-likeness (QED) is 0.739. The smallest absolute Gasteiger partial charge is 0.370 e. The predicted molar refractivity (Wildman–Crippen MR) is 105 cm³/mol. The van der Waals surface area contributed by atoms with Crippen LogP contribution in [0.15, 0.2) is 59.4 Å². The van der Waals surface area contributed by atoms with Crippen LogP contribution in [0.25, 0.3) is 16.9 Å². The van der Waals surface area contributed by atoms with Crippen LogP contribution in [0.3, 0.4) is 0 Å². The number of aromatic hydroxyl groups is 1. The van der Waals surface area contributed by atoms with Gasteiger partial charge in [-0.15, -0.1) is 0 Å². The first-order valence-electron chi connectivity index (χ1n) is 9.34. The van der Waals surface area contributed by atoms with Crippen molar-refractivity contribution in [2.45, 2.75) is 38.1 Å². The first-order chi connectivity index (χ1) is 13.2. The van der Waals surface area contributed by atoms with Crippen LogP contribution in [0.5, 0.6) is 5.75 Å². The third kappa shape index (κ3) is 3.69. The SMILES string of the molecule is O=c1nc(NC2CCCCC2)c(-c2ccccc2O)nn1-c1ccccc1. The minimum absolute atomic E-state index is 0.108. The average Bonchev–Trinajstić information content (AvgIpc) is 2.70. The van der Waals surface area contributed by atoms with E-state index >= 15 is 0 Å². The topological polar surface area (TPSA) is 80.0 Å². The van der Waals surface area contributed by atoms with Crippen LogP contribution in [0, 0.1) is 0 Å². The van der Waals surface area contributed by atoms with Crippen molar-refractivity contribution in [1.29, 1.82) is 0 Å². The number of nitrogens with zero attached hydrogens (tertiary/aromatic N) is 3. The summed E-state index contributed by atoms with van der Waals surface area (Å²) in [5.74, 6) is 0.539. The molecule has 1 saturated carbocycles. The van der Waals surface area contributed by atoms with E-state index < -0.39 is 5.69 Å². The molecule has 6 nitrogen and oxygen atoms in total. The van der Waals surface area contributed by atoms with Gasteiger partial charge in [-0.3, -0.25) is 0 Å². The Morgan fingerprint density at radius 2 is 1.67 bits per heavy atom. The zero-order chi connectivity index (χ0) is 18.6. The first-order valence-corrected chi connectivity index (χ1v) is 9.34. The van der Waals surface area contributed by atoms with Crippen molar-refractivity contribution in [3.8, 4) is 22.7 Å². The number of anilines is 1. The molecule has 4 rings (SSSR count). The Balaban J connectivity index is 1.83. The molecule has 138 valence electrons. The van der Waals surface area contributed by atoms with Gasteiger partial charge >= 0.3 is 5.69 Å². The van der Waals surface area contributed by atoms with Crippen LogP contribution in [0.2, 0.25) is 0 Å². The molecule has 0 saturated heterocycles. The molecule has 0 spiro atoms. The summed E-state index contributed by atoms with van der Waals surface area (Å²) in [6.45, 7) is 0. The Morgan fingerprint density at radius 3 is 2.41 bits per heavy atom. The summed E-state index contributed by atoms with van der Waals surface area (Å²) >= 11 is 0. The number of phenolic OH excluding ortho intramolecular Hbond substituents is 1. The lowest BCUT2D eigenvalue weighted by molar-refractivity contribution is 0.461. The number of nitrogens with one attached hydrogen (secondary N) is 1. The summed E-state index contributed by atoms with van der Waals surface area (Å²) in [5, 5.41) is 18.3. The monoisotopic (exact) mass is 362 g/mol. The van der Waals surface area contributed by atoms with Crippen molar-refractivity contribution in [2.24, 2.45) is 0 Å². The lowest BCUT2D eigenvalue weighted by Crippen LogP contribution is -2.29. The molecule has 1 aromatic heterocycles. The number of hydrogen-bond acceptors (Lipinski definition) is 5. The molecule has 2 aromatic carbocycles. The third-order valence-electron chi connectivity index (χ3n) is 4.92. The highest BCUT2D eigenvalue weighted by atomic mass is 16.3. The molecule has 1 fully saturated rings. The highest BCUT2D eigenvalue weighted by Gasteiger charge is 2.20. The van der Waals surface area contributed by atoms with Gasteiger partial charge in [-0.2, -0.15) is 14.8 Å². The second-order valence-corrected chi connectivity index (χ2v) is 6.84. The Labute approximate surface area is 157 Å². The van der Waals surface area contributed by atoms with Crippen LogP contribution < -0.4 is 11.0 Å². The van der Waals surface area contributed by atoms with Gasteiger partial charge in [-0.05, 0) is 37.1 Å². The molecule has 0 bridgehead atoms. The van der Waals surface area contributed by atoms with Crippen molar-refractivity contribution < 1.29 is 5.11 Å². The van der Waals surface area contributed by atoms with Crippen molar-refractivity contribution in [1.82, 2.24) is 14.8 Å². The van der Waals surface area contributed by atoms with E-state index in [1.807, 2.05) is 24.3 Å². The Morgan fingerprint density at radius 1 is 0.963 bits per heavy atom. The maximum Gasteiger partial charge on any atom is 0.370 e. The number of benzene rings is 2. The van der Waals surface area contributed by atoms with Crippen molar-refractivity contribution in [2.75, 3.05) is 5.32 Å². The molecule has 0 radical (unpaired) electrons. The largest absolute Gasteiger partial charge is 0.507 e. The second-order valence-electron chi connectivity index (χ2n) is 6.84.